The predicted octanol–water partition coefficient (Wildman–Crippen LogP) is 1.70. The van der Waals surface area contributed by atoms with Crippen molar-refractivity contribution in [2.75, 3.05) is 14.2 Å². The first-order chi connectivity index (χ1) is 9.55. The number of hydrogen-bond donors (Lipinski definition) is 1. The zero-order chi connectivity index (χ0) is 15.0. The Morgan fingerprint density at radius 1 is 1.30 bits per heavy atom. The van der Waals surface area contributed by atoms with Crippen molar-refractivity contribution in [2.45, 2.75) is 32.2 Å². The molecule has 1 unspecified atom stereocenters. The van der Waals surface area contributed by atoms with Crippen LogP contribution in [-0.2, 0) is 20.7 Å². The molecule has 1 atom stereocenters. The molecular formula is C15H21NO4. The minimum Gasteiger partial charge on any atom is -0.497 e. The van der Waals surface area contributed by atoms with Crippen molar-refractivity contribution < 1.29 is 19.1 Å². The van der Waals surface area contributed by atoms with Gasteiger partial charge in [0.2, 0.25) is 5.91 Å². The summed E-state index contributed by atoms with van der Waals surface area (Å²) in [4.78, 5) is 22.8. The first kappa shape index (κ1) is 16.0. The molecular weight excluding hydrogens is 258 g/mol. The Bertz CT molecular complexity index is 459. The van der Waals surface area contributed by atoms with Crippen molar-refractivity contribution >= 4 is 11.9 Å². The fraction of sp³-hybridized carbons (Fsp3) is 0.467. The van der Waals surface area contributed by atoms with Crippen LogP contribution in [0.4, 0.5) is 0 Å². The molecule has 1 aromatic rings. The molecule has 1 aromatic carbocycles. The molecule has 0 heterocycles. The van der Waals surface area contributed by atoms with Crippen LogP contribution in [-0.4, -0.2) is 32.1 Å². The maximum atomic E-state index is 11.8. The highest BCUT2D eigenvalue weighted by atomic mass is 16.5. The number of nitrogens with one attached hydrogen (secondary N) is 1. The number of rotatable bonds is 7. The van der Waals surface area contributed by atoms with Gasteiger partial charge in [0.15, 0.2) is 0 Å². The number of aryl methyl sites for hydroxylation is 1. The third kappa shape index (κ3) is 5.73. The number of hydrogen-bond acceptors (Lipinski definition) is 4. The van der Waals surface area contributed by atoms with E-state index in [-0.39, 0.29) is 24.3 Å². The van der Waals surface area contributed by atoms with E-state index >= 15 is 0 Å². The first-order valence-electron chi connectivity index (χ1n) is 6.54. The highest BCUT2D eigenvalue weighted by Crippen LogP contribution is 2.13. The van der Waals surface area contributed by atoms with Crippen LogP contribution >= 0.6 is 0 Å². The summed E-state index contributed by atoms with van der Waals surface area (Å²) in [6.07, 6.45) is 1.19. The second kappa shape index (κ2) is 8.19. The standard InChI is InChI=1S/C15H21NO4/c1-11(9-15(18)20-3)16-14(17)8-7-12-5-4-6-13(10-12)19-2/h4-6,10-11H,7-9H2,1-3H3,(H,16,17). The Balaban J connectivity index is 2.37. The number of esters is 1. The van der Waals surface area contributed by atoms with Crippen molar-refractivity contribution in [3.05, 3.63) is 29.8 Å². The molecule has 0 spiro atoms. The van der Waals surface area contributed by atoms with E-state index in [9.17, 15) is 9.59 Å². The molecule has 110 valence electrons. The van der Waals surface area contributed by atoms with Gasteiger partial charge in [0, 0.05) is 12.5 Å². The average molecular weight is 279 g/mol. The van der Waals surface area contributed by atoms with Crippen molar-refractivity contribution in [1.29, 1.82) is 0 Å². The summed E-state index contributed by atoms with van der Waals surface area (Å²) in [7, 11) is 2.94. The van der Waals surface area contributed by atoms with Gasteiger partial charge in [0.1, 0.15) is 5.75 Å². The first-order valence-corrected chi connectivity index (χ1v) is 6.54. The van der Waals surface area contributed by atoms with E-state index in [0.717, 1.165) is 11.3 Å². The van der Waals surface area contributed by atoms with E-state index in [2.05, 4.69) is 10.1 Å². The second-order valence-corrected chi connectivity index (χ2v) is 4.60. The monoisotopic (exact) mass is 279 g/mol. The maximum Gasteiger partial charge on any atom is 0.307 e. The van der Waals surface area contributed by atoms with Crippen LogP contribution in [0.3, 0.4) is 0 Å². The van der Waals surface area contributed by atoms with Gasteiger partial charge in [-0.3, -0.25) is 9.59 Å². The lowest BCUT2D eigenvalue weighted by molar-refractivity contribution is -0.141. The van der Waals surface area contributed by atoms with Crippen LogP contribution in [0.5, 0.6) is 5.75 Å². The largest absolute Gasteiger partial charge is 0.497 e. The third-order valence-corrected chi connectivity index (χ3v) is 2.88. The quantitative estimate of drug-likeness (QED) is 0.771. The van der Waals surface area contributed by atoms with Crippen LogP contribution in [0.15, 0.2) is 24.3 Å². The lowest BCUT2D eigenvalue weighted by Gasteiger charge is -2.12. The SMILES string of the molecule is COC(=O)CC(C)NC(=O)CCc1cccc(OC)c1. The molecule has 0 saturated heterocycles. The molecule has 5 nitrogen and oxygen atoms in total. The van der Waals surface area contributed by atoms with Crippen LogP contribution < -0.4 is 10.1 Å². The molecule has 0 bridgehead atoms. The molecule has 0 radical (unpaired) electrons. The summed E-state index contributed by atoms with van der Waals surface area (Å²) in [6.45, 7) is 1.78. The van der Waals surface area contributed by atoms with E-state index in [4.69, 9.17) is 4.74 Å². The zero-order valence-corrected chi connectivity index (χ0v) is 12.1. The van der Waals surface area contributed by atoms with Crippen LogP contribution in [0, 0.1) is 0 Å². The molecule has 1 rings (SSSR count). The fourth-order valence-corrected chi connectivity index (χ4v) is 1.82. The number of ether oxygens (including phenoxy) is 2. The normalized spacial score (nSPS) is 11.6. The Morgan fingerprint density at radius 3 is 2.70 bits per heavy atom. The topological polar surface area (TPSA) is 64.6 Å². The van der Waals surface area contributed by atoms with Crippen molar-refractivity contribution in [2.24, 2.45) is 0 Å². The van der Waals surface area contributed by atoms with Crippen LogP contribution in [0.25, 0.3) is 0 Å². The van der Waals surface area contributed by atoms with E-state index in [0.29, 0.717) is 12.8 Å². The van der Waals surface area contributed by atoms with Crippen molar-refractivity contribution in [3.8, 4) is 5.75 Å². The van der Waals surface area contributed by atoms with Crippen LogP contribution in [0.1, 0.15) is 25.3 Å². The molecule has 0 saturated carbocycles. The molecule has 1 amide bonds. The van der Waals surface area contributed by atoms with Gasteiger partial charge in [-0.15, -0.1) is 0 Å². The van der Waals surface area contributed by atoms with Gasteiger partial charge >= 0.3 is 5.97 Å². The highest BCUT2D eigenvalue weighted by Gasteiger charge is 2.12. The van der Waals surface area contributed by atoms with Crippen molar-refractivity contribution in [3.63, 3.8) is 0 Å². The average Bonchev–Trinajstić information content (AvgIpc) is 2.45. The van der Waals surface area contributed by atoms with Gasteiger partial charge in [-0.2, -0.15) is 0 Å². The smallest absolute Gasteiger partial charge is 0.307 e. The molecule has 0 aliphatic heterocycles. The third-order valence-electron chi connectivity index (χ3n) is 2.88. The Hall–Kier alpha value is -2.04. The Kier molecular flexibility index (Phi) is 6.56. The fourth-order valence-electron chi connectivity index (χ4n) is 1.82. The molecule has 0 aliphatic rings. The number of carbonyl (C=O) groups excluding carboxylic acids is 2. The van der Waals surface area contributed by atoms with E-state index in [1.807, 2.05) is 24.3 Å². The second-order valence-electron chi connectivity index (χ2n) is 4.60. The summed E-state index contributed by atoms with van der Waals surface area (Å²) in [5.74, 6) is 0.372. The van der Waals surface area contributed by atoms with E-state index < -0.39 is 0 Å². The van der Waals surface area contributed by atoms with Gasteiger partial charge in [0.25, 0.3) is 0 Å². The van der Waals surface area contributed by atoms with Gasteiger partial charge in [-0.1, -0.05) is 12.1 Å². The van der Waals surface area contributed by atoms with Crippen LogP contribution in [0.2, 0.25) is 0 Å². The van der Waals surface area contributed by atoms with Gasteiger partial charge in [-0.25, -0.2) is 0 Å². The summed E-state index contributed by atoms with van der Waals surface area (Å²) < 4.78 is 9.68. The zero-order valence-electron chi connectivity index (χ0n) is 12.1. The number of benzene rings is 1. The summed E-state index contributed by atoms with van der Waals surface area (Å²) in [5, 5.41) is 2.77. The summed E-state index contributed by atoms with van der Waals surface area (Å²) in [6, 6.07) is 7.40. The highest BCUT2D eigenvalue weighted by molar-refractivity contribution is 5.77. The molecule has 0 fully saturated rings. The lowest BCUT2D eigenvalue weighted by Crippen LogP contribution is -2.34. The molecule has 0 aliphatic carbocycles. The Morgan fingerprint density at radius 2 is 2.05 bits per heavy atom. The Labute approximate surface area is 119 Å². The number of carbonyl (C=O) groups is 2. The molecule has 1 N–H and O–H groups in total. The minimum atomic E-state index is -0.328. The molecule has 20 heavy (non-hydrogen) atoms. The summed E-state index contributed by atoms with van der Waals surface area (Å²) in [5.41, 5.74) is 1.04. The van der Waals surface area contributed by atoms with Crippen molar-refractivity contribution in [1.82, 2.24) is 5.32 Å². The lowest BCUT2D eigenvalue weighted by atomic mass is 10.1. The van der Waals surface area contributed by atoms with Gasteiger partial charge in [-0.05, 0) is 31.0 Å². The summed E-state index contributed by atoms with van der Waals surface area (Å²) >= 11 is 0. The number of methoxy groups -OCH3 is 2. The van der Waals surface area contributed by atoms with Gasteiger partial charge in [0.05, 0.1) is 20.6 Å². The minimum absolute atomic E-state index is 0.0794. The maximum absolute atomic E-state index is 11.8. The molecule has 0 aromatic heterocycles. The number of amides is 1. The van der Waals surface area contributed by atoms with E-state index in [1.54, 1.807) is 14.0 Å². The predicted molar refractivity (Wildman–Crippen MR) is 75.6 cm³/mol. The van der Waals surface area contributed by atoms with Gasteiger partial charge < -0.3 is 14.8 Å². The molecule has 5 heteroatoms. The van der Waals surface area contributed by atoms with E-state index in [1.165, 1.54) is 7.11 Å².